The molecule has 2 saturated heterocycles. The number of pyridine rings is 6. The number of H-pyrrole nitrogens is 1. The number of rotatable bonds is 6. The lowest BCUT2D eigenvalue weighted by atomic mass is 10.1. The van der Waals surface area contributed by atoms with Gasteiger partial charge < -0.3 is 29.0 Å². The topological polar surface area (TPSA) is 131 Å². The van der Waals surface area contributed by atoms with Crippen LogP contribution in [0.4, 0.5) is 29.2 Å². The second-order valence-corrected chi connectivity index (χ2v) is 15.2. The lowest BCUT2D eigenvalue weighted by Gasteiger charge is -2.28. The van der Waals surface area contributed by atoms with E-state index in [9.17, 15) is 22.4 Å². The molecule has 6 aromatic heterocycles. The smallest absolute Gasteiger partial charge is 0.183 e. The van der Waals surface area contributed by atoms with E-state index in [1.54, 1.807) is 81.1 Å². The first-order valence-corrected chi connectivity index (χ1v) is 21.0. The van der Waals surface area contributed by atoms with Crippen LogP contribution in [0.1, 0.15) is 11.1 Å². The van der Waals surface area contributed by atoms with Crippen LogP contribution in [-0.2, 0) is 9.47 Å². The minimum absolute atomic E-state index is 0.0419. The fraction of sp³-hybridized carbons (Fsp3) is 0.208. The standard InChI is InChI=1S/C24H20F2N4O2.C15H9ClF2N2.C9H12N2O2/c1-15-23(19-4-2-3-6-27-19)29-20-13-16(25)12-18(26)22(20)24(15)32-17-5-7-28-21(14-17)30-8-10-31-11-9-30;1-8-14(16)13-10(18)6-9(17)7-12(13)20-15(8)11-4-2-3-5-19-11;12-8-1-2-10-9(7-8)11-3-5-13-6-4-11/h2-7,12-14H,8-11H2,1H3;2-7H,1H3;1-2,7H,3-6H2,(H,10,12). The van der Waals surface area contributed by atoms with Crippen molar-refractivity contribution in [3.05, 3.63) is 159 Å². The first kappa shape index (κ1) is 44.6. The Kier molecular flexibility index (Phi) is 13.9. The molecule has 10 rings (SSSR count). The normalized spacial score (nSPS) is 13.8. The van der Waals surface area contributed by atoms with Crippen molar-refractivity contribution in [2.24, 2.45) is 0 Å². The third kappa shape index (κ3) is 10.4. The number of nitrogens with one attached hydrogen (secondary N) is 1. The number of halogens is 5. The van der Waals surface area contributed by atoms with E-state index in [0.717, 1.165) is 69.2 Å². The highest BCUT2D eigenvalue weighted by molar-refractivity contribution is 6.36. The Hall–Kier alpha value is -7.01. The molecule has 0 radical (unpaired) electrons. The Morgan fingerprint density at radius 3 is 1.80 bits per heavy atom. The van der Waals surface area contributed by atoms with Crippen molar-refractivity contribution in [1.29, 1.82) is 0 Å². The van der Waals surface area contributed by atoms with Gasteiger partial charge in [-0.05, 0) is 49.7 Å². The van der Waals surface area contributed by atoms with Crippen LogP contribution in [0.15, 0.2) is 115 Å². The van der Waals surface area contributed by atoms with Crippen LogP contribution in [0, 0.1) is 37.1 Å². The predicted octanol–water partition coefficient (Wildman–Crippen LogP) is 9.66. The van der Waals surface area contributed by atoms with Gasteiger partial charge in [0.05, 0.1) is 76.0 Å². The number of morpholine rings is 2. The van der Waals surface area contributed by atoms with Gasteiger partial charge in [-0.2, -0.15) is 0 Å². The molecule has 0 bridgehead atoms. The molecule has 8 heterocycles. The number of anilines is 2. The van der Waals surface area contributed by atoms with Crippen molar-refractivity contribution in [1.82, 2.24) is 29.9 Å². The Bertz CT molecular complexity index is 3010. The Balaban J connectivity index is 0.000000148. The molecular formula is C48H41ClF4N8O4. The van der Waals surface area contributed by atoms with E-state index in [4.69, 9.17) is 25.8 Å². The highest BCUT2D eigenvalue weighted by atomic mass is 35.5. The van der Waals surface area contributed by atoms with Gasteiger partial charge in [0.1, 0.15) is 46.4 Å². The number of hydrogen-bond acceptors (Lipinski definition) is 11. The molecule has 0 saturated carbocycles. The summed E-state index contributed by atoms with van der Waals surface area (Å²) < 4.78 is 72.9. The first-order chi connectivity index (χ1) is 31.5. The molecule has 0 atom stereocenters. The molecule has 12 nitrogen and oxygen atoms in total. The molecule has 332 valence electrons. The summed E-state index contributed by atoms with van der Waals surface area (Å²) in [6, 6.07) is 21.4. The molecule has 2 aromatic carbocycles. The largest absolute Gasteiger partial charge is 0.456 e. The van der Waals surface area contributed by atoms with Gasteiger partial charge in [-0.3, -0.25) is 14.8 Å². The summed E-state index contributed by atoms with van der Waals surface area (Å²) in [4.78, 5) is 40.1. The van der Waals surface area contributed by atoms with E-state index < -0.39 is 23.3 Å². The van der Waals surface area contributed by atoms with E-state index in [1.165, 1.54) is 12.1 Å². The third-order valence-electron chi connectivity index (χ3n) is 10.6. The van der Waals surface area contributed by atoms with E-state index in [1.807, 2.05) is 12.1 Å². The average molecular weight is 905 g/mol. The minimum atomic E-state index is -0.736. The SMILES string of the molecule is Cc1c(-c2ccccn2)nc2cc(F)cc(F)c2c1Cl.Cc1c(-c2ccccn2)nc2cc(F)cc(F)c2c1Oc1ccnc(N2CCOCC2)c1.O=c1cc[nH]c(N2CCOCC2)c1. The second-order valence-electron chi connectivity index (χ2n) is 14.9. The molecular weight excluding hydrogens is 864 g/mol. The van der Waals surface area contributed by atoms with Crippen LogP contribution in [0.3, 0.4) is 0 Å². The number of aromatic nitrogens is 6. The molecule has 0 amide bonds. The summed E-state index contributed by atoms with van der Waals surface area (Å²) in [5.41, 5.74) is 3.82. The fourth-order valence-corrected chi connectivity index (χ4v) is 7.61. The maximum atomic E-state index is 14.9. The summed E-state index contributed by atoms with van der Waals surface area (Å²) >= 11 is 6.21. The van der Waals surface area contributed by atoms with Gasteiger partial charge in [-0.1, -0.05) is 23.7 Å². The monoisotopic (exact) mass is 904 g/mol. The summed E-state index contributed by atoms with van der Waals surface area (Å²) in [5, 5.41) is 0.478. The summed E-state index contributed by atoms with van der Waals surface area (Å²) in [5.74, 6) is -0.444. The van der Waals surface area contributed by atoms with Crippen molar-refractivity contribution in [3.63, 3.8) is 0 Å². The zero-order valence-electron chi connectivity index (χ0n) is 35.2. The van der Waals surface area contributed by atoms with E-state index in [-0.39, 0.29) is 38.0 Å². The third-order valence-corrected chi connectivity index (χ3v) is 11.0. The highest BCUT2D eigenvalue weighted by Gasteiger charge is 2.22. The van der Waals surface area contributed by atoms with Gasteiger partial charge in [-0.15, -0.1) is 0 Å². The maximum Gasteiger partial charge on any atom is 0.183 e. The summed E-state index contributed by atoms with van der Waals surface area (Å²) in [7, 11) is 0. The number of hydrogen-bond donors (Lipinski definition) is 1. The van der Waals surface area contributed by atoms with Gasteiger partial charge in [0.25, 0.3) is 0 Å². The second kappa shape index (κ2) is 20.2. The quantitative estimate of drug-likeness (QED) is 0.160. The zero-order valence-corrected chi connectivity index (χ0v) is 36.0. The van der Waals surface area contributed by atoms with Crippen LogP contribution in [0.5, 0.6) is 11.5 Å². The number of ether oxygens (including phenoxy) is 3. The van der Waals surface area contributed by atoms with Crippen LogP contribution in [-0.4, -0.2) is 82.5 Å². The van der Waals surface area contributed by atoms with Crippen LogP contribution >= 0.6 is 11.6 Å². The Morgan fingerprint density at radius 2 is 1.22 bits per heavy atom. The summed E-state index contributed by atoms with van der Waals surface area (Å²) in [6.07, 6.45) is 6.59. The van der Waals surface area contributed by atoms with Gasteiger partial charge in [0, 0.05) is 99.0 Å². The number of benzene rings is 2. The average Bonchev–Trinajstić information content (AvgIpc) is 3.32. The Morgan fingerprint density at radius 1 is 0.646 bits per heavy atom. The zero-order chi connectivity index (χ0) is 45.5. The number of fused-ring (bicyclic) bond motifs is 2. The van der Waals surface area contributed by atoms with Gasteiger partial charge in [-0.25, -0.2) is 32.5 Å². The molecule has 2 aliphatic heterocycles. The number of nitrogens with zero attached hydrogens (tertiary/aromatic N) is 7. The molecule has 0 aliphatic carbocycles. The minimum Gasteiger partial charge on any atom is -0.456 e. The molecule has 17 heteroatoms. The molecule has 65 heavy (non-hydrogen) atoms. The van der Waals surface area contributed by atoms with Crippen LogP contribution in [0.2, 0.25) is 5.02 Å². The molecule has 2 fully saturated rings. The van der Waals surface area contributed by atoms with Gasteiger partial charge >= 0.3 is 0 Å². The lowest BCUT2D eigenvalue weighted by molar-refractivity contribution is 0.122. The number of aromatic amines is 1. The molecule has 2 aliphatic rings. The van der Waals surface area contributed by atoms with Crippen LogP contribution in [0.25, 0.3) is 44.6 Å². The van der Waals surface area contributed by atoms with Gasteiger partial charge in [0.15, 0.2) is 5.43 Å². The fourth-order valence-electron chi connectivity index (χ4n) is 7.33. The first-order valence-electron chi connectivity index (χ1n) is 20.6. The maximum absolute atomic E-state index is 14.9. The van der Waals surface area contributed by atoms with Crippen molar-refractivity contribution < 1.29 is 31.8 Å². The molecule has 0 spiro atoms. The Labute approximate surface area is 375 Å². The van der Waals surface area contributed by atoms with Crippen LogP contribution < -0.4 is 20.0 Å². The van der Waals surface area contributed by atoms with E-state index in [2.05, 4.69) is 39.7 Å². The summed E-state index contributed by atoms with van der Waals surface area (Å²) in [6.45, 7) is 9.40. The molecule has 0 unspecified atom stereocenters. The van der Waals surface area contributed by atoms with E-state index in [0.29, 0.717) is 52.9 Å². The predicted molar refractivity (Wildman–Crippen MR) is 242 cm³/mol. The van der Waals surface area contributed by atoms with Crippen molar-refractivity contribution >= 4 is 45.0 Å². The van der Waals surface area contributed by atoms with E-state index >= 15 is 0 Å². The lowest BCUT2D eigenvalue weighted by Crippen LogP contribution is -2.37. The highest BCUT2D eigenvalue weighted by Crippen LogP contribution is 2.39. The van der Waals surface area contributed by atoms with Crippen molar-refractivity contribution in [3.8, 4) is 34.3 Å². The molecule has 8 aromatic rings. The molecule has 1 N–H and O–H groups in total. The van der Waals surface area contributed by atoms with Gasteiger partial charge in [0.2, 0.25) is 0 Å². The van der Waals surface area contributed by atoms with Crippen molar-refractivity contribution in [2.45, 2.75) is 13.8 Å². The van der Waals surface area contributed by atoms with Crippen molar-refractivity contribution in [2.75, 3.05) is 62.4 Å².